The minimum absolute atomic E-state index is 0.630. The van der Waals surface area contributed by atoms with E-state index in [1.165, 1.54) is 5.56 Å². The van der Waals surface area contributed by atoms with Crippen LogP contribution in [0.15, 0.2) is 24.3 Å². The van der Waals surface area contributed by atoms with Gasteiger partial charge < -0.3 is 0 Å². The van der Waals surface area contributed by atoms with Crippen molar-refractivity contribution in [3.05, 3.63) is 35.4 Å². The number of hydrogen-bond donors (Lipinski definition) is 0. The molecule has 0 unspecified atom stereocenters. The molecule has 0 saturated carbocycles. The average molecular weight is 216 g/mol. The number of hydrogen-bond acceptors (Lipinski definition) is 3. The monoisotopic (exact) mass is 216 g/mol. The molecule has 0 amide bonds. The fourth-order valence-electron chi connectivity index (χ4n) is 1.17. The summed E-state index contributed by atoms with van der Waals surface area (Å²) < 4.78 is 0. The highest BCUT2D eigenvalue weighted by Crippen LogP contribution is 2.14. The summed E-state index contributed by atoms with van der Waals surface area (Å²) in [6.45, 7) is 0. The molecule has 0 aromatic heterocycles. The standard InChI is InChI=1S/C12H12N2S/c13-6-1-2-7-15-10-12-5-3-4-11(8-12)9-14/h3-5,8H,1-2,7,10H2. The van der Waals surface area contributed by atoms with Crippen LogP contribution in [0.2, 0.25) is 0 Å². The van der Waals surface area contributed by atoms with Gasteiger partial charge in [-0.1, -0.05) is 12.1 Å². The average Bonchev–Trinajstić information content (AvgIpc) is 2.29. The molecule has 0 heterocycles. The third-order valence-electron chi connectivity index (χ3n) is 1.90. The molecule has 0 atom stereocenters. The van der Waals surface area contributed by atoms with Crippen molar-refractivity contribution >= 4 is 11.8 Å². The van der Waals surface area contributed by atoms with E-state index in [4.69, 9.17) is 10.5 Å². The number of unbranched alkanes of at least 4 members (excludes halogenated alkanes) is 1. The van der Waals surface area contributed by atoms with Crippen LogP contribution in [0.5, 0.6) is 0 Å². The molecule has 1 rings (SSSR count). The van der Waals surface area contributed by atoms with Gasteiger partial charge in [0.1, 0.15) is 0 Å². The normalized spacial score (nSPS) is 9.20. The van der Waals surface area contributed by atoms with Crippen LogP contribution < -0.4 is 0 Å². The van der Waals surface area contributed by atoms with E-state index in [0.29, 0.717) is 12.0 Å². The topological polar surface area (TPSA) is 47.6 Å². The van der Waals surface area contributed by atoms with Crippen molar-refractivity contribution in [2.24, 2.45) is 0 Å². The molecular formula is C12H12N2S. The van der Waals surface area contributed by atoms with Crippen molar-refractivity contribution in [1.82, 2.24) is 0 Å². The molecule has 1 aromatic rings. The lowest BCUT2D eigenvalue weighted by atomic mass is 10.2. The minimum Gasteiger partial charge on any atom is -0.198 e. The third-order valence-corrected chi connectivity index (χ3v) is 3.02. The van der Waals surface area contributed by atoms with E-state index in [0.717, 1.165) is 17.9 Å². The smallest absolute Gasteiger partial charge is 0.0991 e. The molecule has 76 valence electrons. The van der Waals surface area contributed by atoms with Gasteiger partial charge in [-0.05, 0) is 29.9 Å². The Bertz CT molecular complexity index is 387. The van der Waals surface area contributed by atoms with Gasteiger partial charge in [-0.3, -0.25) is 0 Å². The van der Waals surface area contributed by atoms with Gasteiger partial charge in [-0.25, -0.2) is 0 Å². The molecule has 0 aliphatic rings. The van der Waals surface area contributed by atoms with Crippen molar-refractivity contribution in [3.8, 4) is 12.1 Å². The maximum Gasteiger partial charge on any atom is 0.0991 e. The molecule has 3 heteroatoms. The fraction of sp³-hybridized carbons (Fsp3) is 0.333. The molecule has 0 spiro atoms. The summed E-state index contributed by atoms with van der Waals surface area (Å²) >= 11 is 1.80. The molecule has 0 bridgehead atoms. The third kappa shape index (κ3) is 4.54. The first-order valence-electron chi connectivity index (χ1n) is 4.80. The van der Waals surface area contributed by atoms with Crippen LogP contribution >= 0.6 is 11.8 Å². The number of nitriles is 2. The minimum atomic E-state index is 0.630. The highest BCUT2D eigenvalue weighted by atomic mass is 32.2. The largest absolute Gasteiger partial charge is 0.198 e. The summed E-state index contributed by atoms with van der Waals surface area (Å²) in [5.74, 6) is 1.92. The van der Waals surface area contributed by atoms with Gasteiger partial charge in [-0.2, -0.15) is 22.3 Å². The van der Waals surface area contributed by atoms with E-state index < -0.39 is 0 Å². The first-order valence-corrected chi connectivity index (χ1v) is 5.96. The number of rotatable bonds is 5. The Morgan fingerprint density at radius 1 is 1.27 bits per heavy atom. The fourth-order valence-corrected chi connectivity index (χ4v) is 2.08. The molecule has 15 heavy (non-hydrogen) atoms. The second kappa shape index (κ2) is 6.92. The van der Waals surface area contributed by atoms with Gasteiger partial charge in [-0.15, -0.1) is 0 Å². The molecule has 0 N–H and O–H groups in total. The first-order chi connectivity index (χ1) is 7.36. The molecule has 0 fully saturated rings. The Morgan fingerprint density at radius 3 is 2.87 bits per heavy atom. The highest BCUT2D eigenvalue weighted by Gasteiger charge is 1.95. The summed E-state index contributed by atoms with van der Waals surface area (Å²) in [4.78, 5) is 0. The van der Waals surface area contributed by atoms with Crippen molar-refractivity contribution in [1.29, 1.82) is 10.5 Å². The lowest BCUT2D eigenvalue weighted by Gasteiger charge is -2.00. The zero-order valence-electron chi connectivity index (χ0n) is 8.44. The Morgan fingerprint density at radius 2 is 2.13 bits per heavy atom. The summed E-state index contributed by atoms with van der Waals surface area (Å²) in [7, 11) is 0. The van der Waals surface area contributed by atoms with Crippen molar-refractivity contribution < 1.29 is 0 Å². The molecule has 2 nitrogen and oxygen atoms in total. The number of benzene rings is 1. The zero-order chi connectivity index (χ0) is 10.9. The summed E-state index contributed by atoms with van der Waals surface area (Å²) in [6.07, 6.45) is 1.57. The second-order valence-electron chi connectivity index (χ2n) is 3.13. The van der Waals surface area contributed by atoms with Crippen LogP contribution in [-0.4, -0.2) is 5.75 Å². The Kier molecular flexibility index (Phi) is 5.37. The second-order valence-corrected chi connectivity index (χ2v) is 4.23. The molecule has 0 aliphatic heterocycles. The molecular weight excluding hydrogens is 204 g/mol. The van der Waals surface area contributed by atoms with Crippen LogP contribution in [0.3, 0.4) is 0 Å². The highest BCUT2D eigenvalue weighted by molar-refractivity contribution is 7.98. The van der Waals surface area contributed by atoms with Crippen LogP contribution in [0.4, 0.5) is 0 Å². The molecule has 0 saturated heterocycles. The maximum absolute atomic E-state index is 8.71. The number of thioether (sulfide) groups is 1. The SMILES string of the molecule is N#CCCCSCc1cccc(C#N)c1. The van der Waals surface area contributed by atoms with Crippen LogP contribution in [0, 0.1) is 22.7 Å². The lowest BCUT2D eigenvalue weighted by molar-refractivity contribution is 0.981. The Balaban J connectivity index is 2.32. The Labute approximate surface area is 94.5 Å². The van der Waals surface area contributed by atoms with Crippen LogP contribution in [-0.2, 0) is 5.75 Å². The van der Waals surface area contributed by atoms with Crippen LogP contribution in [0.1, 0.15) is 24.0 Å². The van der Waals surface area contributed by atoms with E-state index in [-0.39, 0.29) is 0 Å². The predicted octanol–water partition coefficient (Wildman–Crippen LogP) is 3.10. The summed E-state index contributed by atoms with van der Waals surface area (Å²) in [5, 5.41) is 17.1. The van der Waals surface area contributed by atoms with E-state index >= 15 is 0 Å². The van der Waals surface area contributed by atoms with Gasteiger partial charge in [0.15, 0.2) is 0 Å². The van der Waals surface area contributed by atoms with E-state index in [1.807, 2.05) is 24.3 Å². The zero-order valence-corrected chi connectivity index (χ0v) is 9.26. The van der Waals surface area contributed by atoms with E-state index in [1.54, 1.807) is 11.8 Å². The van der Waals surface area contributed by atoms with Gasteiger partial charge in [0.05, 0.1) is 17.7 Å². The van der Waals surface area contributed by atoms with Crippen molar-refractivity contribution in [3.63, 3.8) is 0 Å². The van der Waals surface area contributed by atoms with Crippen molar-refractivity contribution in [2.45, 2.75) is 18.6 Å². The van der Waals surface area contributed by atoms with Gasteiger partial charge >= 0.3 is 0 Å². The van der Waals surface area contributed by atoms with Gasteiger partial charge in [0.25, 0.3) is 0 Å². The Hall–Kier alpha value is -1.45. The van der Waals surface area contributed by atoms with E-state index in [2.05, 4.69) is 12.1 Å². The van der Waals surface area contributed by atoms with Gasteiger partial charge in [0.2, 0.25) is 0 Å². The molecule has 0 aliphatic carbocycles. The first kappa shape index (κ1) is 11.6. The lowest BCUT2D eigenvalue weighted by Crippen LogP contribution is -1.84. The molecule has 0 radical (unpaired) electrons. The maximum atomic E-state index is 8.71. The molecule has 1 aromatic carbocycles. The predicted molar refractivity (Wildman–Crippen MR) is 62.2 cm³/mol. The van der Waals surface area contributed by atoms with E-state index in [9.17, 15) is 0 Å². The summed E-state index contributed by atoms with van der Waals surface area (Å²) in [6, 6.07) is 11.9. The quantitative estimate of drug-likeness (QED) is 0.710. The van der Waals surface area contributed by atoms with Gasteiger partial charge in [0, 0.05) is 12.2 Å². The van der Waals surface area contributed by atoms with Crippen molar-refractivity contribution in [2.75, 3.05) is 5.75 Å². The van der Waals surface area contributed by atoms with Crippen LogP contribution in [0.25, 0.3) is 0 Å². The number of nitrogens with zero attached hydrogens (tertiary/aromatic N) is 2. The summed E-state index contributed by atoms with van der Waals surface area (Å²) in [5.41, 5.74) is 1.89.